The molecular formula is C21H18F3NO. The highest BCUT2D eigenvalue weighted by atomic mass is 19.1. The number of hydrogen-bond acceptors (Lipinski definition) is 2. The van der Waals surface area contributed by atoms with Gasteiger partial charge in [-0.25, -0.2) is 13.2 Å². The first-order chi connectivity index (χ1) is 12.3. The molecule has 134 valence electrons. The van der Waals surface area contributed by atoms with Gasteiger partial charge in [0.2, 0.25) is 0 Å². The topological polar surface area (TPSA) is 23.5 Å². The van der Waals surface area contributed by atoms with Crippen molar-refractivity contribution in [2.45, 2.75) is 13.8 Å². The van der Waals surface area contributed by atoms with Gasteiger partial charge in [-0.3, -0.25) is 0 Å². The molecule has 0 aliphatic heterocycles. The number of benzene rings is 3. The predicted molar refractivity (Wildman–Crippen MR) is 97.4 cm³/mol. The number of nitrogens with zero attached hydrogens (tertiary/aromatic N) is 1. The summed E-state index contributed by atoms with van der Waals surface area (Å²) in [4.78, 5) is 1.36. The zero-order valence-corrected chi connectivity index (χ0v) is 14.6. The minimum atomic E-state index is -0.592. The maximum Gasteiger partial charge on any atom is 0.154 e. The van der Waals surface area contributed by atoms with Gasteiger partial charge in [-0.2, -0.15) is 0 Å². The Morgan fingerprint density at radius 1 is 0.923 bits per heavy atom. The Hall–Kier alpha value is -2.95. The summed E-state index contributed by atoms with van der Waals surface area (Å²) >= 11 is 0. The van der Waals surface area contributed by atoms with E-state index in [-0.39, 0.29) is 22.7 Å². The van der Waals surface area contributed by atoms with Crippen LogP contribution in [-0.4, -0.2) is 12.2 Å². The van der Waals surface area contributed by atoms with E-state index in [1.165, 1.54) is 36.2 Å². The molecule has 2 nitrogen and oxygen atoms in total. The van der Waals surface area contributed by atoms with Crippen LogP contribution in [0.2, 0.25) is 0 Å². The maximum absolute atomic E-state index is 15.2. The third kappa shape index (κ3) is 3.12. The molecule has 0 aromatic heterocycles. The second-order valence-corrected chi connectivity index (χ2v) is 6.26. The third-order valence-corrected chi connectivity index (χ3v) is 4.38. The van der Waals surface area contributed by atoms with Crippen LogP contribution >= 0.6 is 0 Å². The van der Waals surface area contributed by atoms with Crippen LogP contribution in [0.1, 0.15) is 11.1 Å². The van der Waals surface area contributed by atoms with Gasteiger partial charge in [0, 0.05) is 18.2 Å². The van der Waals surface area contributed by atoms with Crippen LogP contribution < -0.4 is 4.90 Å². The molecular weight excluding hydrogens is 339 g/mol. The molecule has 0 amide bonds. The van der Waals surface area contributed by atoms with Crippen molar-refractivity contribution < 1.29 is 18.3 Å². The SMILES string of the molecule is Cc1cc(-c2cccc(F)c2)c(F)c(N(C)c2c(F)ccc(O)c2C)c1. The van der Waals surface area contributed by atoms with E-state index in [2.05, 4.69) is 0 Å². The molecule has 0 saturated carbocycles. The average Bonchev–Trinajstić information content (AvgIpc) is 2.60. The zero-order chi connectivity index (χ0) is 19.0. The zero-order valence-electron chi connectivity index (χ0n) is 14.6. The Bertz CT molecular complexity index is 985. The van der Waals surface area contributed by atoms with Crippen molar-refractivity contribution >= 4 is 11.4 Å². The molecule has 0 atom stereocenters. The fourth-order valence-corrected chi connectivity index (χ4v) is 3.05. The molecule has 0 heterocycles. The van der Waals surface area contributed by atoms with Crippen LogP contribution in [-0.2, 0) is 0 Å². The number of phenolic OH excluding ortho intramolecular Hbond substituents is 1. The molecule has 1 N–H and O–H groups in total. The van der Waals surface area contributed by atoms with Crippen LogP contribution in [0, 0.1) is 31.3 Å². The highest BCUT2D eigenvalue weighted by molar-refractivity contribution is 5.76. The lowest BCUT2D eigenvalue weighted by molar-refractivity contribution is 0.469. The van der Waals surface area contributed by atoms with Crippen molar-refractivity contribution in [1.29, 1.82) is 0 Å². The number of aromatic hydroxyl groups is 1. The molecule has 3 aromatic rings. The van der Waals surface area contributed by atoms with Crippen LogP contribution in [0.3, 0.4) is 0 Å². The Kier molecular flexibility index (Phi) is 4.64. The van der Waals surface area contributed by atoms with E-state index in [0.29, 0.717) is 11.1 Å². The van der Waals surface area contributed by atoms with Crippen LogP contribution in [0.5, 0.6) is 5.75 Å². The van der Waals surface area contributed by atoms with Gasteiger partial charge in [0.15, 0.2) is 5.82 Å². The lowest BCUT2D eigenvalue weighted by Crippen LogP contribution is -2.15. The van der Waals surface area contributed by atoms with Crippen molar-refractivity contribution in [3.05, 3.63) is 77.1 Å². The standard InChI is InChI=1S/C21H18F3NO/c1-12-9-16(14-5-4-6-15(22)11-14)20(24)18(10-12)25(3)21-13(2)19(26)8-7-17(21)23/h4-11,26H,1-3H3. The summed E-state index contributed by atoms with van der Waals surface area (Å²) < 4.78 is 43.1. The molecule has 0 bridgehead atoms. The van der Waals surface area contributed by atoms with E-state index in [0.717, 1.165) is 11.6 Å². The Morgan fingerprint density at radius 3 is 2.35 bits per heavy atom. The first-order valence-electron chi connectivity index (χ1n) is 8.07. The largest absolute Gasteiger partial charge is 0.508 e. The van der Waals surface area contributed by atoms with Crippen molar-refractivity contribution in [3.63, 3.8) is 0 Å². The third-order valence-electron chi connectivity index (χ3n) is 4.38. The van der Waals surface area contributed by atoms with Gasteiger partial charge >= 0.3 is 0 Å². The molecule has 5 heteroatoms. The predicted octanol–water partition coefficient (Wildman–Crippen LogP) is 5.86. The Balaban J connectivity index is 2.19. The van der Waals surface area contributed by atoms with Gasteiger partial charge in [-0.05, 0) is 61.4 Å². The van der Waals surface area contributed by atoms with Gasteiger partial charge in [0.1, 0.15) is 17.4 Å². The van der Waals surface area contributed by atoms with Crippen LogP contribution in [0.25, 0.3) is 11.1 Å². The smallest absolute Gasteiger partial charge is 0.154 e. The van der Waals surface area contributed by atoms with E-state index in [4.69, 9.17) is 0 Å². The van der Waals surface area contributed by atoms with Crippen molar-refractivity contribution in [1.82, 2.24) is 0 Å². The number of phenols is 1. The van der Waals surface area contributed by atoms with Crippen LogP contribution in [0.4, 0.5) is 24.5 Å². The normalized spacial score (nSPS) is 10.8. The molecule has 26 heavy (non-hydrogen) atoms. The van der Waals surface area contributed by atoms with Crippen molar-refractivity contribution in [3.8, 4) is 16.9 Å². The summed E-state index contributed by atoms with van der Waals surface area (Å²) in [5, 5.41) is 9.88. The van der Waals surface area contributed by atoms with E-state index in [1.807, 2.05) is 0 Å². The second kappa shape index (κ2) is 6.75. The number of rotatable bonds is 3. The van der Waals surface area contributed by atoms with Crippen molar-refractivity contribution in [2.75, 3.05) is 11.9 Å². The van der Waals surface area contributed by atoms with Gasteiger partial charge in [0.05, 0.1) is 11.4 Å². The fraction of sp³-hybridized carbons (Fsp3) is 0.143. The second-order valence-electron chi connectivity index (χ2n) is 6.26. The molecule has 3 rings (SSSR count). The number of aryl methyl sites for hydroxylation is 1. The molecule has 0 saturated heterocycles. The highest BCUT2D eigenvalue weighted by Gasteiger charge is 2.20. The number of anilines is 2. The van der Waals surface area contributed by atoms with E-state index in [9.17, 15) is 13.9 Å². The molecule has 0 aliphatic carbocycles. The monoisotopic (exact) mass is 357 g/mol. The van der Waals surface area contributed by atoms with Gasteiger partial charge in [-0.1, -0.05) is 12.1 Å². The lowest BCUT2D eigenvalue weighted by atomic mass is 10.0. The summed E-state index contributed by atoms with van der Waals surface area (Å²) in [7, 11) is 1.53. The van der Waals surface area contributed by atoms with Gasteiger partial charge < -0.3 is 10.0 Å². The maximum atomic E-state index is 15.2. The molecule has 0 fully saturated rings. The Morgan fingerprint density at radius 2 is 1.65 bits per heavy atom. The summed E-state index contributed by atoms with van der Waals surface area (Å²) in [5.74, 6) is -1.71. The highest BCUT2D eigenvalue weighted by Crippen LogP contribution is 2.38. The van der Waals surface area contributed by atoms with Crippen LogP contribution in [0.15, 0.2) is 48.5 Å². The number of hydrogen-bond donors (Lipinski definition) is 1. The average molecular weight is 357 g/mol. The van der Waals surface area contributed by atoms with E-state index < -0.39 is 17.5 Å². The quantitative estimate of drug-likeness (QED) is 0.634. The summed E-state index contributed by atoms with van der Waals surface area (Å²) in [5.41, 5.74) is 1.89. The molecule has 3 aromatic carbocycles. The number of halogens is 3. The summed E-state index contributed by atoms with van der Waals surface area (Å²) in [6.07, 6.45) is 0. The first-order valence-corrected chi connectivity index (χ1v) is 8.07. The van der Waals surface area contributed by atoms with Gasteiger partial charge in [-0.15, -0.1) is 0 Å². The molecule has 0 aliphatic rings. The lowest BCUT2D eigenvalue weighted by Gasteiger charge is -2.24. The summed E-state index contributed by atoms with van der Waals surface area (Å²) in [6, 6.07) is 11.3. The molecule has 0 spiro atoms. The first kappa shape index (κ1) is 17.9. The Labute approximate surface area is 150 Å². The summed E-state index contributed by atoms with van der Waals surface area (Å²) in [6.45, 7) is 3.34. The minimum absolute atomic E-state index is 0.0772. The molecule has 0 unspecified atom stereocenters. The van der Waals surface area contributed by atoms with Crippen molar-refractivity contribution in [2.24, 2.45) is 0 Å². The van der Waals surface area contributed by atoms with E-state index >= 15 is 4.39 Å². The minimum Gasteiger partial charge on any atom is -0.508 e. The molecule has 0 radical (unpaired) electrons. The fourth-order valence-electron chi connectivity index (χ4n) is 3.05. The van der Waals surface area contributed by atoms with E-state index in [1.54, 1.807) is 32.0 Å². The van der Waals surface area contributed by atoms with Gasteiger partial charge in [0.25, 0.3) is 0 Å².